The summed E-state index contributed by atoms with van der Waals surface area (Å²) in [6.07, 6.45) is 1.78. The minimum Gasteiger partial charge on any atom is -0.497 e. The Bertz CT molecular complexity index is 977. The zero-order valence-corrected chi connectivity index (χ0v) is 24.1. The van der Waals surface area contributed by atoms with Crippen LogP contribution in [-0.2, 0) is 16.2 Å². The van der Waals surface area contributed by atoms with Gasteiger partial charge in [0, 0.05) is 12.3 Å². The van der Waals surface area contributed by atoms with Crippen LogP contribution in [0, 0.1) is 6.92 Å². The van der Waals surface area contributed by atoms with Crippen LogP contribution in [0.3, 0.4) is 0 Å². The Hall–Kier alpha value is -2.81. The molecule has 192 valence electrons. The van der Waals surface area contributed by atoms with Crippen LogP contribution in [0.2, 0.25) is 0 Å². The van der Waals surface area contributed by atoms with Crippen molar-refractivity contribution >= 4 is 0 Å². The number of rotatable bonds is 2. The van der Waals surface area contributed by atoms with Gasteiger partial charge in [-0.15, -0.1) is 0 Å². The molecule has 2 aromatic carbocycles. The van der Waals surface area contributed by atoms with Crippen molar-refractivity contribution in [3.05, 3.63) is 89.1 Å². The van der Waals surface area contributed by atoms with Gasteiger partial charge in [0.1, 0.15) is 5.75 Å². The number of methoxy groups -OCH3 is 2. The van der Waals surface area contributed by atoms with Crippen molar-refractivity contribution < 1.29 is 9.47 Å². The molecule has 0 aliphatic rings. The molecule has 0 atom stereocenters. The van der Waals surface area contributed by atoms with E-state index in [1.54, 1.807) is 20.4 Å². The van der Waals surface area contributed by atoms with Crippen LogP contribution in [0.5, 0.6) is 11.6 Å². The lowest BCUT2D eigenvalue weighted by Gasteiger charge is -2.19. The molecule has 1 aromatic heterocycles. The third-order valence-corrected chi connectivity index (χ3v) is 5.63. The molecule has 0 N–H and O–H groups in total. The Morgan fingerprint density at radius 1 is 0.571 bits per heavy atom. The molecule has 0 unspecified atom stereocenters. The highest BCUT2D eigenvalue weighted by Gasteiger charge is 2.15. The molecule has 35 heavy (non-hydrogen) atoms. The summed E-state index contributed by atoms with van der Waals surface area (Å²) in [7, 11) is 3.33. The Morgan fingerprint density at radius 2 is 1.06 bits per heavy atom. The number of pyridine rings is 1. The van der Waals surface area contributed by atoms with Crippen LogP contribution in [-0.4, -0.2) is 19.2 Å². The van der Waals surface area contributed by atoms with Gasteiger partial charge in [-0.05, 0) is 58.1 Å². The summed E-state index contributed by atoms with van der Waals surface area (Å²) in [5, 5.41) is 0. The molecule has 0 radical (unpaired) electrons. The van der Waals surface area contributed by atoms with Crippen molar-refractivity contribution in [3.63, 3.8) is 0 Å². The fourth-order valence-electron chi connectivity index (χ4n) is 3.19. The second-order valence-electron chi connectivity index (χ2n) is 11.9. The summed E-state index contributed by atoms with van der Waals surface area (Å²) in [4.78, 5) is 4.05. The first-order chi connectivity index (χ1) is 16.1. The minimum atomic E-state index is 0.163. The van der Waals surface area contributed by atoms with Gasteiger partial charge in [0.25, 0.3) is 0 Å². The molecule has 0 bridgehead atoms. The van der Waals surface area contributed by atoms with E-state index in [-0.39, 0.29) is 16.2 Å². The van der Waals surface area contributed by atoms with Crippen LogP contribution < -0.4 is 9.47 Å². The molecule has 1 heterocycles. The van der Waals surface area contributed by atoms with Gasteiger partial charge in [-0.3, -0.25) is 0 Å². The van der Waals surface area contributed by atoms with Gasteiger partial charge >= 0.3 is 0 Å². The van der Waals surface area contributed by atoms with Crippen molar-refractivity contribution in [3.8, 4) is 11.6 Å². The molecule has 0 amide bonds. The molecule has 3 aromatic rings. The maximum Gasteiger partial charge on any atom is 0.213 e. The zero-order chi connectivity index (χ0) is 26.9. The normalized spacial score (nSPS) is 11.4. The van der Waals surface area contributed by atoms with E-state index in [0.29, 0.717) is 5.88 Å². The second-order valence-corrected chi connectivity index (χ2v) is 11.9. The number of nitrogens with zero attached hydrogens (tertiary/aromatic N) is 1. The summed E-state index contributed by atoms with van der Waals surface area (Å²) < 4.78 is 10.2. The van der Waals surface area contributed by atoms with Gasteiger partial charge < -0.3 is 9.47 Å². The van der Waals surface area contributed by atoms with Gasteiger partial charge in [-0.2, -0.15) is 0 Å². The number of hydrogen-bond donors (Lipinski definition) is 0. The number of benzene rings is 2. The summed E-state index contributed by atoms with van der Waals surface area (Å²) in [5.74, 6) is 1.62. The molecule has 0 spiro atoms. The van der Waals surface area contributed by atoms with E-state index < -0.39 is 0 Å². The number of hydrogen-bond acceptors (Lipinski definition) is 3. The van der Waals surface area contributed by atoms with Gasteiger partial charge in [0.2, 0.25) is 5.88 Å². The molecular formula is C32H47NO2. The molecule has 0 saturated heterocycles. The van der Waals surface area contributed by atoms with Crippen LogP contribution in [0.4, 0.5) is 0 Å². The Labute approximate surface area is 214 Å². The average molecular weight is 478 g/mol. The number of aryl methyl sites for hydroxylation is 1. The second kappa shape index (κ2) is 12.8. The predicted molar refractivity (Wildman–Crippen MR) is 151 cm³/mol. The number of aromatic nitrogens is 1. The summed E-state index contributed by atoms with van der Waals surface area (Å²) in [6, 6.07) is 20.9. The lowest BCUT2D eigenvalue weighted by Crippen LogP contribution is -2.11. The standard InChI is InChI=1S/C11H16O.C11H16.C10H15NO/c1-11(2,3)9-6-5-7-10(8-9)12-4;1-9-6-5-7-10(8-9)11(2,3)4;1-10(2,3)8-5-6-11-9(7-8)12-4/h5-8H,1-4H3;5-8H,1-4H3;5-7H,1-4H3. The van der Waals surface area contributed by atoms with E-state index in [4.69, 9.17) is 9.47 Å². The average Bonchev–Trinajstić information content (AvgIpc) is 2.78. The highest BCUT2D eigenvalue weighted by molar-refractivity contribution is 5.32. The lowest BCUT2D eigenvalue weighted by atomic mass is 9.86. The van der Waals surface area contributed by atoms with Crippen molar-refractivity contribution in [2.24, 2.45) is 0 Å². The predicted octanol–water partition coefficient (Wildman–Crippen LogP) is 8.67. The third-order valence-electron chi connectivity index (χ3n) is 5.63. The zero-order valence-electron chi connectivity index (χ0n) is 24.1. The largest absolute Gasteiger partial charge is 0.497 e. The highest BCUT2D eigenvalue weighted by Crippen LogP contribution is 2.26. The number of ether oxygens (including phenoxy) is 2. The lowest BCUT2D eigenvalue weighted by molar-refractivity contribution is 0.395. The molecule has 3 rings (SSSR count). The van der Waals surface area contributed by atoms with E-state index in [2.05, 4.69) is 111 Å². The highest BCUT2D eigenvalue weighted by atomic mass is 16.5. The van der Waals surface area contributed by atoms with Crippen molar-refractivity contribution in [2.45, 2.75) is 85.5 Å². The maximum atomic E-state index is 5.15. The first kappa shape index (κ1) is 30.2. The van der Waals surface area contributed by atoms with Gasteiger partial charge in [0.15, 0.2) is 0 Å². The quantitative estimate of drug-likeness (QED) is 0.370. The first-order valence-corrected chi connectivity index (χ1v) is 12.3. The molecule has 0 aliphatic heterocycles. The fourth-order valence-corrected chi connectivity index (χ4v) is 3.19. The van der Waals surface area contributed by atoms with E-state index in [1.807, 2.05) is 24.3 Å². The molecule has 3 nitrogen and oxygen atoms in total. The maximum absolute atomic E-state index is 5.15. The van der Waals surface area contributed by atoms with Crippen LogP contribution in [0.25, 0.3) is 0 Å². The third kappa shape index (κ3) is 11.0. The fraction of sp³-hybridized carbons (Fsp3) is 0.469. The van der Waals surface area contributed by atoms with Crippen LogP contribution in [0.1, 0.15) is 84.6 Å². The molecule has 0 fully saturated rings. The van der Waals surface area contributed by atoms with Crippen LogP contribution >= 0.6 is 0 Å². The van der Waals surface area contributed by atoms with Crippen LogP contribution in [0.15, 0.2) is 66.9 Å². The summed E-state index contributed by atoms with van der Waals surface area (Å²) in [6.45, 7) is 21.9. The van der Waals surface area contributed by atoms with Crippen molar-refractivity contribution in [1.82, 2.24) is 4.98 Å². The Morgan fingerprint density at radius 3 is 1.49 bits per heavy atom. The van der Waals surface area contributed by atoms with E-state index in [9.17, 15) is 0 Å². The smallest absolute Gasteiger partial charge is 0.213 e. The molecule has 3 heteroatoms. The molecule has 0 aliphatic carbocycles. The molecular weight excluding hydrogens is 430 g/mol. The summed E-state index contributed by atoms with van der Waals surface area (Å²) in [5.41, 5.74) is 5.96. The first-order valence-electron chi connectivity index (χ1n) is 12.3. The SMILES string of the molecule is COc1cc(C(C)(C)C)ccn1.COc1cccc(C(C)(C)C)c1.Cc1cccc(C(C)(C)C)c1. The Kier molecular flexibility index (Phi) is 11.0. The van der Waals surface area contributed by atoms with Gasteiger partial charge in [-0.1, -0.05) is 104 Å². The van der Waals surface area contributed by atoms with E-state index in [0.717, 1.165) is 5.75 Å². The van der Waals surface area contributed by atoms with Crippen molar-refractivity contribution in [2.75, 3.05) is 14.2 Å². The summed E-state index contributed by atoms with van der Waals surface area (Å²) >= 11 is 0. The topological polar surface area (TPSA) is 31.4 Å². The van der Waals surface area contributed by atoms with E-state index in [1.165, 1.54) is 22.3 Å². The minimum absolute atomic E-state index is 0.163. The van der Waals surface area contributed by atoms with E-state index >= 15 is 0 Å². The van der Waals surface area contributed by atoms with Gasteiger partial charge in [0.05, 0.1) is 14.2 Å². The van der Waals surface area contributed by atoms with Gasteiger partial charge in [-0.25, -0.2) is 4.98 Å². The van der Waals surface area contributed by atoms with Crippen molar-refractivity contribution in [1.29, 1.82) is 0 Å². The monoisotopic (exact) mass is 477 g/mol. The Balaban J connectivity index is 0.000000263. The molecule has 0 saturated carbocycles.